The zero-order valence-corrected chi connectivity index (χ0v) is 14.3. The standard InChI is InChI=1S/C18H28ClN/c1-12-10-14(16(19)11-13(12)2)17(20-5)15-8-6-7-9-18(15,3)4/h10-11,15,17,20H,6-9H2,1-5H3. The van der Waals surface area contributed by atoms with Crippen molar-refractivity contribution in [1.29, 1.82) is 0 Å². The van der Waals surface area contributed by atoms with Crippen LogP contribution in [0.4, 0.5) is 0 Å². The van der Waals surface area contributed by atoms with Crippen LogP contribution >= 0.6 is 11.6 Å². The quantitative estimate of drug-likeness (QED) is 0.783. The van der Waals surface area contributed by atoms with Crippen LogP contribution in [-0.4, -0.2) is 7.05 Å². The Balaban J connectivity index is 2.39. The van der Waals surface area contributed by atoms with E-state index >= 15 is 0 Å². The molecule has 1 N–H and O–H groups in total. The molecule has 1 aromatic rings. The van der Waals surface area contributed by atoms with Gasteiger partial charge in [-0.2, -0.15) is 0 Å². The molecule has 0 aromatic heterocycles. The highest BCUT2D eigenvalue weighted by atomic mass is 35.5. The molecule has 0 radical (unpaired) electrons. The van der Waals surface area contributed by atoms with Crippen LogP contribution in [0.1, 0.15) is 62.3 Å². The van der Waals surface area contributed by atoms with Crippen molar-refractivity contribution >= 4 is 11.6 Å². The van der Waals surface area contributed by atoms with Crippen molar-refractivity contribution in [2.75, 3.05) is 7.05 Å². The summed E-state index contributed by atoms with van der Waals surface area (Å²) in [6, 6.07) is 4.76. The summed E-state index contributed by atoms with van der Waals surface area (Å²) in [5, 5.41) is 4.46. The molecule has 2 heteroatoms. The van der Waals surface area contributed by atoms with Crippen LogP contribution in [0.2, 0.25) is 5.02 Å². The molecule has 1 nitrogen and oxygen atoms in total. The summed E-state index contributed by atoms with van der Waals surface area (Å²) in [4.78, 5) is 0. The van der Waals surface area contributed by atoms with Crippen LogP contribution in [0.15, 0.2) is 12.1 Å². The van der Waals surface area contributed by atoms with Crippen LogP contribution in [-0.2, 0) is 0 Å². The Morgan fingerprint density at radius 2 is 1.85 bits per heavy atom. The van der Waals surface area contributed by atoms with Gasteiger partial charge in [-0.25, -0.2) is 0 Å². The van der Waals surface area contributed by atoms with Gasteiger partial charge in [0.1, 0.15) is 0 Å². The first-order valence-corrected chi connectivity index (χ1v) is 8.18. The zero-order valence-electron chi connectivity index (χ0n) is 13.5. The van der Waals surface area contributed by atoms with Crippen LogP contribution in [0.5, 0.6) is 0 Å². The minimum Gasteiger partial charge on any atom is -0.313 e. The van der Waals surface area contributed by atoms with E-state index in [1.54, 1.807) is 0 Å². The van der Waals surface area contributed by atoms with Gasteiger partial charge in [-0.15, -0.1) is 0 Å². The predicted molar refractivity (Wildman–Crippen MR) is 88.5 cm³/mol. The molecule has 0 heterocycles. The van der Waals surface area contributed by atoms with Crippen molar-refractivity contribution in [1.82, 2.24) is 5.32 Å². The average Bonchev–Trinajstić information content (AvgIpc) is 2.37. The Morgan fingerprint density at radius 1 is 1.20 bits per heavy atom. The Bertz CT molecular complexity index is 479. The van der Waals surface area contributed by atoms with Gasteiger partial charge in [-0.3, -0.25) is 0 Å². The summed E-state index contributed by atoms with van der Waals surface area (Å²) >= 11 is 6.55. The Hall–Kier alpha value is -0.530. The van der Waals surface area contributed by atoms with Crippen molar-refractivity contribution < 1.29 is 0 Å². The van der Waals surface area contributed by atoms with Gasteiger partial charge in [-0.1, -0.05) is 44.4 Å². The third-order valence-electron chi connectivity index (χ3n) is 5.25. The first-order chi connectivity index (χ1) is 9.36. The number of hydrogen-bond donors (Lipinski definition) is 1. The monoisotopic (exact) mass is 293 g/mol. The van der Waals surface area contributed by atoms with Gasteiger partial charge < -0.3 is 5.32 Å². The first-order valence-electron chi connectivity index (χ1n) is 7.80. The summed E-state index contributed by atoms with van der Waals surface area (Å²) in [5.74, 6) is 0.654. The van der Waals surface area contributed by atoms with E-state index in [4.69, 9.17) is 11.6 Å². The lowest BCUT2D eigenvalue weighted by atomic mass is 9.64. The molecule has 0 saturated heterocycles. The van der Waals surface area contributed by atoms with Gasteiger partial charge in [0.2, 0.25) is 0 Å². The first kappa shape index (κ1) is 15.9. The fraction of sp³-hybridized carbons (Fsp3) is 0.667. The fourth-order valence-electron chi connectivity index (χ4n) is 3.75. The molecule has 112 valence electrons. The Morgan fingerprint density at radius 3 is 2.45 bits per heavy atom. The average molecular weight is 294 g/mol. The highest BCUT2D eigenvalue weighted by molar-refractivity contribution is 6.31. The highest BCUT2D eigenvalue weighted by Gasteiger charge is 2.38. The molecule has 1 aliphatic rings. The summed E-state index contributed by atoms with van der Waals surface area (Å²) in [5.41, 5.74) is 4.26. The van der Waals surface area contributed by atoms with Crippen molar-refractivity contribution in [2.45, 2.75) is 59.4 Å². The van der Waals surface area contributed by atoms with Gasteiger partial charge in [-0.05, 0) is 67.8 Å². The van der Waals surface area contributed by atoms with E-state index in [2.05, 4.69) is 52.2 Å². The molecule has 0 aliphatic heterocycles. The van der Waals surface area contributed by atoms with Gasteiger partial charge in [0.25, 0.3) is 0 Å². The van der Waals surface area contributed by atoms with E-state index in [9.17, 15) is 0 Å². The van der Waals surface area contributed by atoms with Crippen molar-refractivity contribution in [3.63, 3.8) is 0 Å². The Kier molecular flexibility index (Phi) is 4.81. The molecular formula is C18H28ClN. The van der Waals surface area contributed by atoms with E-state index < -0.39 is 0 Å². The van der Waals surface area contributed by atoms with E-state index in [0.717, 1.165) is 5.02 Å². The number of nitrogens with one attached hydrogen (secondary N) is 1. The largest absolute Gasteiger partial charge is 0.313 e. The van der Waals surface area contributed by atoms with Gasteiger partial charge in [0, 0.05) is 11.1 Å². The molecule has 1 saturated carbocycles. The molecule has 20 heavy (non-hydrogen) atoms. The third-order valence-corrected chi connectivity index (χ3v) is 5.58. The maximum absolute atomic E-state index is 6.55. The highest BCUT2D eigenvalue weighted by Crippen LogP contribution is 2.47. The molecule has 2 atom stereocenters. The van der Waals surface area contributed by atoms with Crippen LogP contribution in [0.3, 0.4) is 0 Å². The molecule has 0 amide bonds. The van der Waals surface area contributed by atoms with Crippen LogP contribution < -0.4 is 5.32 Å². The SMILES string of the molecule is CNC(c1cc(C)c(C)cc1Cl)C1CCCCC1(C)C. The molecule has 0 bridgehead atoms. The Labute approximate surface area is 129 Å². The van der Waals surface area contributed by atoms with E-state index in [0.29, 0.717) is 17.4 Å². The van der Waals surface area contributed by atoms with Crippen LogP contribution in [0.25, 0.3) is 0 Å². The fourth-order valence-corrected chi connectivity index (χ4v) is 4.09. The smallest absolute Gasteiger partial charge is 0.0456 e. The summed E-state index contributed by atoms with van der Waals surface area (Å²) < 4.78 is 0. The van der Waals surface area contributed by atoms with Gasteiger partial charge in [0.15, 0.2) is 0 Å². The molecular weight excluding hydrogens is 266 g/mol. The molecule has 1 aliphatic carbocycles. The summed E-state index contributed by atoms with van der Waals surface area (Å²) in [7, 11) is 2.07. The maximum Gasteiger partial charge on any atom is 0.0456 e. The van der Waals surface area contributed by atoms with E-state index in [1.807, 2.05) is 0 Å². The minimum absolute atomic E-state index is 0.358. The van der Waals surface area contributed by atoms with Crippen LogP contribution in [0, 0.1) is 25.2 Å². The second kappa shape index (κ2) is 6.07. The number of aryl methyl sites for hydroxylation is 2. The number of rotatable bonds is 3. The summed E-state index contributed by atoms with van der Waals surface area (Å²) in [6.07, 6.45) is 5.31. The van der Waals surface area contributed by atoms with Gasteiger partial charge >= 0.3 is 0 Å². The lowest BCUT2D eigenvalue weighted by Gasteiger charge is -2.43. The summed E-state index contributed by atoms with van der Waals surface area (Å²) in [6.45, 7) is 9.13. The third kappa shape index (κ3) is 3.04. The van der Waals surface area contributed by atoms with Crippen molar-refractivity contribution in [3.05, 3.63) is 33.8 Å². The van der Waals surface area contributed by atoms with Crippen molar-refractivity contribution in [2.24, 2.45) is 11.3 Å². The number of halogens is 1. The normalized spacial score (nSPS) is 23.6. The molecule has 2 rings (SSSR count). The lowest BCUT2D eigenvalue weighted by molar-refractivity contribution is 0.101. The minimum atomic E-state index is 0.358. The predicted octanol–water partition coefficient (Wildman–Crippen LogP) is 5.43. The topological polar surface area (TPSA) is 12.0 Å². The molecule has 1 aromatic carbocycles. The van der Waals surface area contributed by atoms with Gasteiger partial charge in [0.05, 0.1) is 0 Å². The maximum atomic E-state index is 6.55. The van der Waals surface area contributed by atoms with Crippen molar-refractivity contribution in [3.8, 4) is 0 Å². The van der Waals surface area contributed by atoms with E-state index in [1.165, 1.54) is 42.4 Å². The second-order valence-electron chi connectivity index (χ2n) is 7.07. The van der Waals surface area contributed by atoms with E-state index in [-0.39, 0.29) is 0 Å². The lowest BCUT2D eigenvalue weighted by Crippen LogP contribution is -2.38. The second-order valence-corrected chi connectivity index (χ2v) is 7.47. The zero-order chi connectivity index (χ0) is 14.9. The molecule has 0 spiro atoms. The molecule has 1 fully saturated rings. The molecule has 2 unspecified atom stereocenters. The number of benzene rings is 1. The number of hydrogen-bond acceptors (Lipinski definition) is 1.